The Hall–Kier alpha value is -3.88. The normalized spacial score (nSPS) is 11.4. The average Bonchev–Trinajstić information content (AvgIpc) is 3.19. The molecule has 152 valence electrons. The number of halogens is 3. The molecule has 2 aromatic heterocycles. The molecule has 0 radical (unpaired) electrons. The highest BCUT2D eigenvalue weighted by Crippen LogP contribution is 2.30. The van der Waals surface area contributed by atoms with Gasteiger partial charge in [0.2, 0.25) is 11.8 Å². The molecule has 30 heavy (non-hydrogen) atoms. The largest absolute Gasteiger partial charge is 0.438 e. The number of aromatic amines is 1. The molecule has 4 aromatic rings. The van der Waals surface area contributed by atoms with Crippen molar-refractivity contribution in [1.29, 1.82) is 0 Å². The first-order valence-corrected chi connectivity index (χ1v) is 8.90. The maximum atomic E-state index is 12.8. The number of carbonyl (C=O) groups is 1. The second-order valence-corrected chi connectivity index (χ2v) is 6.47. The lowest BCUT2D eigenvalue weighted by molar-refractivity contribution is -0.137. The van der Waals surface area contributed by atoms with E-state index in [1.54, 1.807) is 36.5 Å². The predicted molar refractivity (Wildman–Crippen MR) is 104 cm³/mol. The fraction of sp³-hybridized carbons (Fsp3) is 0.0952. The first-order chi connectivity index (χ1) is 14.4. The summed E-state index contributed by atoms with van der Waals surface area (Å²) in [6.45, 7) is 0. The zero-order chi connectivity index (χ0) is 21.1. The summed E-state index contributed by atoms with van der Waals surface area (Å²) in [5.41, 5.74) is 0.643. The molecule has 6 nitrogen and oxygen atoms in total. The van der Waals surface area contributed by atoms with E-state index in [-0.39, 0.29) is 12.0 Å². The molecular formula is C21H15F3N4O2. The van der Waals surface area contributed by atoms with Crippen molar-refractivity contribution in [2.45, 2.75) is 12.6 Å². The Balaban J connectivity index is 1.40. The Morgan fingerprint density at radius 2 is 1.87 bits per heavy atom. The molecule has 4 rings (SSSR count). The number of benzene rings is 2. The molecule has 0 fully saturated rings. The SMILES string of the molecule is O=C(Cc1cccc(C(F)(F)F)c1)Nc1ccc(Oc2ncnc3[nH]ccc23)cc1. The molecule has 9 heteroatoms. The minimum atomic E-state index is -4.45. The zero-order valence-corrected chi connectivity index (χ0v) is 15.4. The van der Waals surface area contributed by atoms with Crippen LogP contribution in [0.5, 0.6) is 11.6 Å². The first-order valence-electron chi connectivity index (χ1n) is 8.90. The molecule has 0 saturated heterocycles. The number of rotatable bonds is 5. The molecule has 0 saturated carbocycles. The van der Waals surface area contributed by atoms with E-state index in [2.05, 4.69) is 20.3 Å². The summed E-state index contributed by atoms with van der Waals surface area (Å²) >= 11 is 0. The maximum Gasteiger partial charge on any atom is 0.416 e. The Labute approximate surface area is 168 Å². The van der Waals surface area contributed by atoms with Crippen molar-refractivity contribution in [2.75, 3.05) is 5.32 Å². The van der Waals surface area contributed by atoms with Gasteiger partial charge in [0.25, 0.3) is 0 Å². The van der Waals surface area contributed by atoms with Gasteiger partial charge in [-0.15, -0.1) is 0 Å². The van der Waals surface area contributed by atoms with Crippen molar-refractivity contribution in [3.05, 3.63) is 78.2 Å². The summed E-state index contributed by atoms with van der Waals surface area (Å²) in [5, 5.41) is 3.39. The van der Waals surface area contributed by atoms with Crippen molar-refractivity contribution in [3.63, 3.8) is 0 Å². The predicted octanol–water partition coefficient (Wildman–Crippen LogP) is 4.95. The van der Waals surface area contributed by atoms with Gasteiger partial charge in [-0.25, -0.2) is 9.97 Å². The van der Waals surface area contributed by atoms with Crippen LogP contribution >= 0.6 is 0 Å². The highest BCUT2D eigenvalue weighted by molar-refractivity contribution is 5.92. The van der Waals surface area contributed by atoms with Crippen LogP contribution in [0.4, 0.5) is 18.9 Å². The molecule has 0 spiro atoms. The van der Waals surface area contributed by atoms with Gasteiger partial charge in [0.15, 0.2) is 0 Å². The number of amides is 1. The number of anilines is 1. The highest BCUT2D eigenvalue weighted by atomic mass is 19.4. The zero-order valence-electron chi connectivity index (χ0n) is 15.4. The number of nitrogens with one attached hydrogen (secondary N) is 2. The number of hydrogen-bond acceptors (Lipinski definition) is 4. The third kappa shape index (κ3) is 4.40. The van der Waals surface area contributed by atoms with Crippen molar-refractivity contribution >= 4 is 22.6 Å². The van der Waals surface area contributed by atoms with E-state index in [0.717, 1.165) is 17.5 Å². The molecule has 0 aliphatic rings. The minimum absolute atomic E-state index is 0.172. The van der Waals surface area contributed by atoms with Crippen molar-refractivity contribution in [3.8, 4) is 11.6 Å². The topological polar surface area (TPSA) is 79.9 Å². The van der Waals surface area contributed by atoms with Crippen LogP contribution in [0.15, 0.2) is 67.1 Å². The number of alkyl halides is 3. The number of carbonyl (C=O) groups excluding carboxylic acids is 1. The average molecular weight is 412 g/mol. The molecule has 0 aliphatic carbocycles. The number of fused-ring (bicyclic) bond motifs is 1. The van der Waals surface area contributed by atoms with Crippen LogP contribution in [0, 0.1) is 0 Å². The summed E-state index contributed by atoms with van der Waals surface area (Å²) in [6.07, 6.45) is -1.50. The lowest BCUT2D eigenvalue weighted by Gasteiger charge is -2.10. The smallest absolute Gasteiger partial charge is 0.416 e. The van der Waals surface area contributed by atoms with Gasteiger partial charge >= 0.3 is 6.18 Å². The summed E-state index contributed by atoms with van der Waals surface area (Å²) in [4.78, 5) is 23.4. The molecule has 0 aliphatic heterocycles. The lowest BCUT2D eigenvalue weighted by Crippen LogP contribution is -2.15. The number of aromatic nitrogens is 3. The third-order valence-electron chi connectivity index (χ3n) is 4.29. The highest BCUT2D eigenvalue weighted by Gasteiger charge is 2.30. The lowest BCUT2D eigenvalue weighted by atomic mass is 10.1. The van der Waals surface area contributed by atoms with E-state index in [4.69, 9.17) is 4.74 Å². The monoisotopic (exact) mass is 412 g/mol. The van der Waals surface area contributed by atoms with Gasteiger partial charge in [0.05, 0.1) is 17.4 Å². The van der Waals surface area contributed by atoms with Crippen LogP contribution < -0.4 is 10.1 Å². The second kappa shape index (κ2) is 7.86. The van der Waals surface area contributed by atoms with E-state index in [1.807, 2.05) is 0 Å². The molecule has 2 N–H and O–H groups in total. The Morgan fingerprint density at radius 1 is 1.07 bits per heavy atom. The van der Waals surface area contributed by atoms with Gasteiger partial charge < -0.3 is 15.0 Å². The molecule has 2 heterocycles. The quantitative estimate of drug-likeness (QED) is 0.486. The van der Waals surface area contributed by atoms with Crippen molar-refractivity contribution < 1.29 is 22.7 Å². The maximum absolute atomic E-state index is 12.8. The van der Waals surface area contributed by atoms with Crippen molar-refractivity contribution in [2.24, 2.45) is 0 Å². The molecule has 0 atom stereocenters. The number of nitrogens with zero attached hydrogens (tertiary/aromatic N) is 2. The minimum Gasteiger partial charge on any atom is -0.438 e. The van der Waals surface area contributed by atoms with Crippen LogP contribution in [0.1, 0.15) is 11.1 Å². The second-order valence-electron chi connectivity index (χ2n) is 6.47. The van der Waals surface area contributed by atoms with Crippen molar-refractivity contribution in [1.82, 2.24) is 15.0 Å². The van der Waals surface area contributed by atoms with Crippen LogP contribution in [-0.4, -0.2) is 20.9 Å². The van der Waals surface area contributed by atoms with E-state index in [1.165, 1.54) is 18.5 Å². The summed E-state index contributed by atoms with van der Waals surface area (Å²) in [6, 6.07) is 13.1. The molecule has 1 amide bonds. The molecule has 0 unspecified atom stereocenters. The number of ether oxygens (including phenoxy) is 1. The summed E-state index contributed by atoms with van der Waals surface area (Å²) in [5.74, 6) is 0.475. The Bertz CT molecular complexity index is 1190. The van der Waals surface area contributed by atoms with Gasteiger partial charge in [-0.2, -0.15) is 13.2 Å². The van der Waals surface area contributed by atoms with E-state index in [9.17, 15) is 18.0 Å². The Morgan fingerprint density at radius 3 is 2.63 bits per heavy atom. The van der Waals surface area contributed by atoms with Gasteiger partial charge in [-0.3, -0.25) is 4.79 Å². The van der Waals surface area contributed by atoms with Gasteiger partial charge in [-0.05, 0) is 42.0 Å². The van der Waals surface area contributed by atoms with Crippen LogP contribution in [-0.2, 0) is 17.4 Å². The number of H-pyrrole nitrogens is 1. The molecule has 2 aromatic carbocycles. The fourth-order valence-electron chi connectivity index (χ4n) is 2.90. The van der Waals surface area contributed by atoms with Crippen LogP contribution in [0.2, 0.25) is 0 Å². The summed E-state index contributed by atoms with van der Waals surface area (Å²) in [7, 11) is 0. The fourth-order valence-corrected chi connectivity index (χ4v) is 2.90. The first kappa shape index (κ1) is 19.4. The summed E-state index contributed by atoms with van der Waals surface area (Å²) < 4.78 is 44.1. The Kier molecular flexibility index (Phi) is 5.09. The standard InChI is InChI=1S/C21H15F3N4O2/c22-21(23,24)14-3-1-2-13(10-14)11-18(29)28-15-4-6-16(7-5-15)30-20-17-8-9-25-19(17)26-12-27-20/h1-10,12H,11H2,(H,28,29)(H,25,26,27). The van der Waals surface area contributed by atoms with E-state index < -0.39 is 17.6 Å². The molecule has 0 bridgehead atoms. The van der Waals surface area contributed by atoms with E-state index in [0.29, 0.717) is 23.0 Å². The molecular weight excluding hydrogens is 397 g/mol. The van der Waals surface area contributed by atoms with Crippen LogP contribution in [0.25, 0.3) is 11.0 Å². The van der Waals surface area contributed by atoms with Gasteiger partial charge in [0.1, 0.15) is 17.7 Å². The third-order valence-corrected chi connectivity index (χ3v) is 4.29. The number of hydrogen-bond donors (Lipinski definition) is 2. The van der Waals surface area contributed by atoms with Gasteiger partial charge in [0, 0.05) is 11.9 Å². The van der Waals surface area contributed by atoms with Crippen LogP contribution in [0.3, 0.4) is 0 Å². The van der Waals surface area contributed by atoms with Gasteiger partial charge in [-0.1, -0.05) is 18.2 Å². The van der Waals surface area contributed by atoms with E-state index >= 15 is 0 Å².